The second-order valence-electron chi connectivity index (χ2n) is 4.14. The Balaban J connectivity index is 2.84. The van der Waals surface area contributed by atoms with Gasteiger partial charge in [-0.1, -0.05) is 18.2 Å². The molecular formula is C13H19N3O3S. The first-order valence-electron chi connectivity index (χ1n) is 6.09. The van der Waals surface area contributed by atoms with Gasteiger partial charge in [0.1, 0.15) is 0 Å². The minimum Gasteiger partial charge on any atom is -0.335 e. The summed E-state index contributed by atoms with van der Waals surface area (Å²) in [5.74, 6) is 0. The van der Waals surface area contributed by atoms with Gasteiger partial charge >= 0.3 is 6.03 Å². The highest BCUT2D eigenvalue weighted by molar-refractivity contribution is 7.89. The largest absolute Gasteiger partial charge is 0.335 e. The Morgan fingerprint density at radius 1 is 1.45 bits per heavy atom. The molecule has 0 aliphatic carbocycles. The van der Waals surface area contributed by atoms with Crippen molar-refractivity contribution in [2.24, 2.45) is 0 Å². The van der Waals surface area contributed by atoms with Gasteiger partial charge in [0.05, 0.1) is 10.9 Å². The highest BCUT2D eigenvalue weighted by Crippen LogP contribution is 2.17. The average molecular weight is 297 g/mol. The van der Waals surface area contributed by atoms with E-state index >= 15 is 0 Å². The molecule has 1 unspecified atom stereocenters. The van der Waals surface area contributed by atoms with Crippen molar-refractivity contribution in [2.45, 2.75) is 17.9 Å². The van der Waals surface area contributed by atoms with E-state index in [2.05, 4.69) is 21.9 Å². The van der Waals surface area contributed by atoms with Crippen molar-refractivity contribution in [2.75, 3.05) is 13.6 Å². The molecule has 0 aliphatic heterocycles. The number of sulfonamides is 1. The molecule has 0 spiro atoms. The van der Waals surface area contributed by atoms with E-state index in [9.17, 15) is 13.2 Å². The first-order chi connectivity index (χ1) is 9.40. The normalized spacial score (nSPS) is 12.5. The maximum absolute atomic E-state index is 11.7. The van der Waals surface area contributed by atoms with E-state index in [1.54, 1.807) is 25.1 Å². The molecule has 1 aromatic carbocycles. The van der Waals surface area contributed by atoms with Crippen molar-refractivity contribution < 1.29 is 13.2 Å². The molecule has 20 heavy (non-hydrogen) atoms. The smallest absolute Gasteiger partial charge is 0.315 e. The van der Waals surface area contributed by atoms with Crippen LogP contribution in [-0.4, -0.2) is 28.0 Å². The second-order valence-corrected chi connectivity index (χ2v) is 6.03. The first-order valence-corrected chi connectivity index (χ1v) is 7.57. The summed E-state index contributed by atoms with van der Waals surface area (Å²) in [4.78, 5) is 11.7. The predicted octanol–water partition coefficient (Wildman–Crippen LogP) is 1.14. The monoisotopic (exact) mass is 297 g/mol. The fourth-order valence-electron chi connectivity index (χ4n) is 1.56. The number of carbonyl (C=O) groups is 1. The van der Waals surface area contributed by atoms with Gasteiger partial charge in [-0.2, -0.15) is 0 Å². The topological polar surface area (TPSA) is 87.3 Å². The molecule has 0 fully saturated rings. The maximum atomic E-state index is 11.7. The quantitative estimate of drug-likeness (QED) is 0.688. The third kappa shape index (κ3) is 4.36. The van der Waals surface area contributed by atoms with Gasteiger partial charge in [0.15, 0.2) is 0 Å². The highest BCUT2D eigenvalue weighted by Gasteiger charge is 2.14. The highest BCUT2D eigenvalue weighted by atomic mass is 32.2. The lowest BCUT2D eigenvalue weighted by Gasteiger charge is -2.15. The third-order valence-electron chi connectivity index (χ3n) is 2.69. The standard InChI is InChI=1S/C13H19N3O3S/c1-4-8-15-13(17)16-10(2)11-6-5-7-12(9-11)20(18,19)14-3/h4-7,9-10,14H,1,8H2,2-3H3,(H2,15,16,17). The van der Waals surface area contributed by atoms with Crippen molar-refractivity contribution in [1.82, 2.24) is 15.4 Å². The molecule has 1 aromatic rings. The molecule has 0 aromatic heterocycles. The van der Waals surface area contributed by atoms with Crippen LogP contribution in [0.3, 0.4) is 0 Å². The number of nitrogens with one attached hydrogen (secondary N) is 3. The molecule has 0 saturated heterocycles. The minimum atomic E-state index is -3.49. The Labute approximate surface area is 119 Å². The predicted molar refractivity (Wildman–Crippen MR) is 77.8 cm³/mol. The van der Waals surface area contributed by atoms with Crippen LogP contribution in [0.2, 0.25) is 0 Å². The molecule has 0 heterocycles. The van der Waals surface area contributed by atoms with E-state index in [1.165, 1.54) is 19.2 Å². The minimum absolute atomic E-state index is 0.164. The van der Waals surface area contributed by atoms with E-state index in [-0.39, 0.29) is 17.0 Å². The van der Waals surface area contributed by atoms with Gasteiger partial charge in [-0.15, -0.1) is 6.58 Å². The van der Waals surface area contributed by atoms with Crippen molar-refractivity contribution in [3.63, 3.8) is 0 Å². The molecule has 3 N–H and O–H groups in total. The van der Waals surface area contributed by atoms with Gasteiger partial charge in [0.2, 0.25) is 10.0 Å². The average Bonchev–Trinajstić information content (AvgIpc) is 2.45. The number of hydrogen-bond donors (Lipinski definition) is 3. The molecule has 0 saturated carbocycles. The lowest BCUT2D eigenvalue weighted by molar-refractivity contribution is 0.239. The molecule has 2 amide bonds. The summed E-state index contributed by atoms with van der Waals surface area (Å²) in [5, 5.41) is 5.30. The van der Waals surface area contributed by atoms with Crippen LogP contribution in [-0.2, 0) is 10.0 Å². The van der Waals surface area contributed by atoms with Crippen LogP contribution in [0.15, 0.2) is 41.8 Å². The molecule has 0 bridgehead atoms. The summed E-state index contributed by atoms with van der Waals surface area (Å²) in [6.07, 6.45) is 1.57. The van der Waals surface area contributed by atoms with Gasteiger partial charge in [0.25, 0.3) is 0 Å². The number of carbonyl (C=O) groups excluding carboxylic acids is 1. The van der Waals surface area contributed by atoms with Crippen LogP contribution in [0.25, 0.3) is 0 Å². The molecular weight excluding hydrogens is 278 g/mol. The van der Waals surface area contributed by atoms with Gasteiger partial charge in [0, 0.05) is 6.54 Å². The van der Waals surface area contributed by atoms with Gasteiger partial charge in [-0.25, -0.2) is 17.9 Å². The van der Waals surface area contributed by atoms with Crippen molar-refractivity contribution in [1.29, 1.82) is 0 Å². The van der Waals surface area contributed by atoms with Crippen LogP contribution in [0.1, 0.15) is 18.5 Å². The van der Waals surface area contributed by atoms with Gasteiger partial charge in [-0.3, -0.25) is 0 Å². The zero-order chi connectivity index (χ0) is 15.2. The number of amides is 2. The summed E-state index contributed by atoms with van der Waals surface area (Å²) in [6.45, 7) is 5.65. The Hall–Kier alpha value is -1.86. The van der Waals surface area contributed by atoms with Crippen molar-refractivity contribution in [3.8, 4) is 0 Å². The van der Waals surface area contributed by atoms with Crippen LogP contribution in [0.5, 0.6) is 0 Å². The van der Waals surface area contributed by atoms with E-state index in [0.717, 1.165) is 0 Å². The number of benzene rings is 1. The fourth-order valence-corrected chi connectivity index (χ4v) is 2.35. The summed E-state index contributed by atoms with van der Waals surface area (Å²) in [5.41, 5.74) is 0.704. The van der Waals surface area contributed by atoms with Crippen molar-refractivity contribution in [3.05, 3.63) is 42.5 Å². The lowest BCUT2D eigenvalue weighted by Crippen LogP contribution is -2.37. The number of hydrogen-bond acceptors (Lipinski definition) is 3. The SMILES string of the molecule is C=CCNC(=O)NC(C)c1cccc(S(=O)(=O)NC)c1. The van der Waals surface area contributed by atoms with Gasteiger partial charge in [-0.05, 0) is 31.7 Å². The third-order valence-corrected chi connectivity index (χ3v) is 4.10. The Bertz CT molecular complexity index is 584. The number of urea groups is 1. The lowest BCUT2D eigenvalue weighted by atomic mass is 10.1. The van der Waals surface area contributed by atoms with Crippen LogP contribution in [0.4, 0.5) is 4.79 Å². The van der Waals surface area contributed by atoms with E-state index in [4.69, 9.17) is 0 Å². The molecule has 0 radical (unpaired) electrons. The first kappa shape index (κ1) is 16.2. The molecule has 1 atom stereocenters. The molecule has 7 heteroatoms. The summed E-state index contributed by atoms with van der Waals surface area (Å²) in [6, 6.07) is 5.78. The van der Waals surface area contributed by atoms with Crippen molar-refractivity contribution >= 4 is 16.1 Å². The molecule has 0 aliphatic rings. The summed E-state index contributed by atoms with van der Waals surface area (Å²) >= 11 is 0. The van der Waals surface area contributed by atoms with Gasteiger partial charge < -0.3 is 10.6 Å². The Morgan fingerprint density at radius 3 is 2.75 bits per heavy atom. The summed E-state index contributed by atoms with van der Waals surface area (Å²) < 4.78 is 25.7. The van der Waals surface area contributed by atoms with E-state index in [0.29, 0.717) is 12.1 Å². The molecule has 1 rings (SSSR count). The Kier molecular flexibility index (Phi) is 5.72. The summed E-state index contributed by atoms with van der Waals surface area (Å²) in [7, 11) is -2.13. The maximum Gasteiger partial charge on any atom is 0.315 e. The zero-order valence-corrected chi connectivity index (χ0v) is 12.3. The van der Waals surface area contributed by atoms with Crippen LogP contribution >= 0.6 is 0 Å². The van der Waals surface area contributed by atoms with E-state index in [1.807, 2.05) is 0 Å². The Morgan fingerprint density at radius 2 is 2.15 bits per heavy atom. The van der Waals surface area contributed by atoms with Crippen LogP contribution < -0.4 is 15.4 Å². The fraction of sp³-hybridized carbons (Fsp3) is 0.308. The second kappa shape index (κ2) is 7.06. The number of rotatable bonds is 6. The molecule has 6 nitrogen and oxygen atoms in total. The zero-order valence-electron chi connectivity index (χ0n) is 11.5. The molecule has 110 valence electrons. The van der Waals surface area contributed by atoms with E-state index < -0.39 is 10.0 Å². The van der Waals surface area contributed by atoms with Crippen LogP contribution in [0, 0.1) is 0 Å².